The molecule has 1 atom stereocenters. The monoisotopic (exact) mass is 422 g/mol. The van der Waals surface area contributed by atoms with Crippen LogP contribution in [0.1, 0.15) is 25.3 Å². The number of nitrogens with two attached hydrogens (primary N) is 1. The molecule has 2 N–H and O–H groups in total. The number of nitro groups is 2. The zero-order valence-corrected chi connectivity index (χ0v) is 17.1. The molecule has 0 bridgehead atoms. The lowest BCUT2D eigenvalue weighted by atomic mass is 9.85. The summed E-state index contributed by atoms with van der Waals surface area (Å²) in [5.41, 5.74) is 5.84. The lowest BCUT2D eigenvalue weighted by molar-refractivity contribution is -0.431. The van der Waals surface area contributed by atoms with Crippen LogP contribution < -0.4 is 5.73 Å². The molecule has 10 nitrogen and oxygen atoms in total. The number of ether oxygens (including phenoxy) is 1. The van der Waals surface area contributed by atoms with Crippen molar-refractivity contribution < 1.29 is 19.4 Å². The van der Waals surface area contributed by atoms with E-state index >= 15 is 0 Å². The van der Waals surface area contributed by atoms with Gasteiger partial charge in [-0.15, -0.1) is 11.8 Å². The fourth-order valence-corrected chi connectivity index (χ4v) is 4.10. The highest BCUT2D eigenvalue weighted by atomic mass is 32.2. The van der Waals surface area contributed by atoms with Gasteiger partial charge in [0.05, 0.1) is 32.8 Å². The molecule has 1 unspecified atom stereocenters. The van der Waals surface area contributed by atoms with E-state index in [2.05, 4.69) is 0 Å². The molecule has 1 heterocycles. The SMILES string of the molecule is CCOC(=O)C1=C(SCCN)N(C)C(C)=C([N+](=O)[O-])C1c1cccc([N+](=O)[O-])c1. The van der Waals surface area contributed by atoms with Crippen LogP contribution in [0.2, 0.25) is 0 Å². The second-order valence-electron chi connectivity index (χ2n) is 6.15. The Kier molecular flexibility index (Phi) is 7.35. The van der Waals surface area contributed by atoms with Gasteiger partial charge < -0.3 is 15.4 Å². The molecule has 0 amide bonds. The Balaban J connectivity index is 2.80. The van der Waals surface area contributed by atoms with E-state index in [1.165, 1.54) is 36.0 Å². The summed E-state index contributed by atoms with van der Waals surface area (Å²) < 4.78 is 5.19. The number of allylic oxidation sites excluding steroid dienone is 2. The van der Waals surface area contributed by atoms with Crippen molar-refractivity contribution in [2.24, 2.45) is 5.73 Å². The number of rotatable bonds is 8. The maximum atomic E-state index is 12.9. The first kappa shape index (κ1) is 22.4. The number of benzene rings is 1. The molecule has 1 aliphatic rings. The normalized spacial score (nSPS) is 16.8. The first-order valence-electron chi connectivity index (χ1n) is 8.81. The molecule has 1 aromatic rings. The summed E-state index contributed by atoms with van der Waals surface area (Å²) in [6.45, 7) is 3.63. The first-order chi connectivity index (χ1) is 13.7. The minimum Gasteiger partial charge on any atom is -0.463 e. The Morgan fingerprint density at radius 2 is 2.00 bits per heavy atom. The average molecular weight is 422 g/mol. The zero-order valence-electron chi connectivity index (χ0n) is 16.3. The van der Waals surface area contributed by atoms with Crippen LogP contribution in [0.25, 0.3) is 0 Å². The third-order valence-corrected chi connectivity index (χ3v) is 5.64. The number of hydrogen-bond donors (Lipinski definition) is 1. The Labute approximate surface area is 171 Å². The van der Waals surface area contributed by atoms with Gasteiger partial charge in [0, 0.05) is 31.5 Å². The number of esters is 1. The quantitative estimate of drug-likeness (QED) is 0.380. The minimum absolute atomic E-state index is 0.0746. The largest absolute Gasteiger partial charge is 0.463 e. The van der Waals surface area contributed by atoms with Crippen LogP contribution in [-0.2, 0) is 9.53 Å². The Morgan fingerprint density at radius 3 is 2.55 bits per heavy atom. The first-order valence-corrected chi connectivity index (χ1v) is 9.80. The van der Waals surface area contributed by atoms with Gasteiger partial charge in [-0.05, 0) is 19.4 Å². The Morgan fingerprint density at radius 1 is 1.31 bits per heavy atom. The predicted molar refractivity (Wildman–Crippen MR) is 108 cm³/mol. The number of nitrogens with zero attached hydrogens (tertiary/aromatic N) is 3. The highest BCUT2D eigenvalue weighted by Gasteiger charge is 2.44. The van der Waals surface area contributed by atoms with Crippen molar-refractivity contribution in [1.29, 1.82) is 0 Å². The van der Waals surface area contributed by atoms with Crippen LogP contribution in [0.15, 0.2) is 46.3 Å². The molecule has 0 aromatic heterocycles. The Bertz CT molecular complexity index is 898. The van der Waals surface area contributed by atoms with Crippen LogP contribution >= 0.6 is 11.8 Å². The van der Waals surface area contributed by atoms with Gasteiger partial charge in [-0.3, -0.25) is 20.2 Å². The molecule has 0 saturated heterocycles. The number of hydrogen-bond acceptors (Lipinski definition) is 9. The van der Waals surface area contributed by atoms with E-state index in [1.54, 1.807) is 25.8 Å². The van der Waals surface area contributed by atoms with Crippen LogP contribution in [-0.4, -0.2) is 46.7 Å². The number of thioether (sulfide) groups is 1. The summed E-state index contributed by atoms with van der Waals surface area (Å²) in [7, 11) is 1.63. The zero-order chi connectivity index (χ0) is 21.7. The molecule has 1 aliphatic heterocycles. The molecule has 0 aliphatic carbocycles. The van der Waals surface area contributed by atoms with E-state index in [1.807, 2.05) is 0 Å². The number of non-ortho nitro benzene ring substituents is 1. The molecule has 0 saturated carbocycles. The van der Waals surface area contributed by atoms with Crippen molar-refractivity contribution in [3.63, 3.8) is 0 Å². The van der Waals surface area contributed by atoms with Gasteiger partial charge in [0.25, 0.3) is 11.4 Å². The second-order valence-corrected chi connectivity index (χ2v) is 7.23. The highest BCUT2D eigenvalue weighted by molar-refractivity contribution is 8.03. The lowest BCUT2D eigenvalue weighted by Gasteiger charge is -2.33. The molecule has 2 rings (SSSR count). The summed E-state index contributed by atoms with van der Waals surface area (Å²) in [5.74, 6) is -1.34. The van der Waals surface area contributed by atoms with E-state index in [0.717, 1.165) is 0 Å². The van der Waals surface area contributed by atoms with Gasteiger partial charge in [0.15, 0.2) is 0 Å². The molecule has 0 radical (unpaired) electrons. The standard InChI is InChI=1S/C18H22N4O6S/c1-4-28-18(23)15-14(12-6-5-7-13(10-12)21(24)25)16(22(26)27)11(2)20(3)17(15)29-9-8-19/h5-7,10,14H,4,8-9,19H2,1-3H3. The van der Waals surface area contributed by atoms with Crippen molar-refractivity contribution in [2.45, 2.75) is 19.8 Å². The third kappa shape index (κ3) is 4.57. The third-order valence-electron chi connectivity index (χ3n) is 4.43. The van der Waals surface area contributed by atoms with E-state index in [-0.39, 0.29) is 29.1 Å². The fourth-order valence-electron chi connectivity index (χ4n) is 3.10. The maximum absolute atomic E-state index is 12.9. The second kappa shape index (κ2) is 9.52. The van der Waals surface area contributed by atoms with Crippen molar-refractivity contribution in [3.8, 4) is 0 Å². The van der Waals surface area contributed by atoms with E-state index in [0.29, 0.717) is 23.0 Å². The lowest BCUT2D eigenvalue weighted by Crippen LogP contribution is -2.33. The Hall–Kier alpha value is -2.92. The molecule has 1 aromatic carbocycles. The van der Waals surface area contributed by atoms with Gasteiger partial charge >= 0.3 is 5.97 Å². The van der Waals surface area contributed by atoms with Gasteiger partial charge in [-0.2, -0.15) is 0 Å². The summed E-state index contributed by atoms with van der Waals surface area (Å²) in [4.78, 5) is 36.5. The van der Waals surface area contributed by atoms with Crippen molar-refractivity contribution in [2.75, 3.05) is 26.0 Å². The summed E-state index contributed by atoms with van der Waals surface area (Å²) in [6.07, 6.45) is 0. The van der Waals surface area contributed by atoms with Gasteiger partial charge in [-0.1, -0.05) is 12.1 Å². The predicted octanol–water partition coefficient (Wildman–Crippen LogP) is 2.60. The van der Waals surface area contributed by atoms with Crippen molar-refractivity contribution in [3.05, 3.63) is 72.1 Å². The van der Waals surface area contributed by atoms with Crippen molar-refractivity contribution in [1.82, 2.24) is 4.90 Å². The summed E-state index contributed by atoms with van der Waals surface area (Å²) in [6, 6.07) is 5.51. The molecule has 0 spiro atoms. The van der Waals surface area contributed by atoms with E-state index < -0.39 is 21.7 Å². The molecule has 29 heavy (non-hydrogen) atoms. The minimum atomic E-state index is -1.11. The molecule has 11 heteroatoms. The molecular weight excluding hydrogens is 400 g/mol. The topological polar surface area (TPSA) is 142 Å². The highest BCUT2D eigenvalue weighted by Crippen LogP contribution is 2.45. The van der Waals surface area contributed by atoms with Crippen LogP contribution in [0, 0.1) is 20.2 Å². The van der Waals surface area contributed by atoms with Gasteiger partial charge in [-0.25, -0.2) is 4.79 Å². The number of carbonyl (C=O) groups is 1. The van der Waals surface area contributed by atoms with Gasteiger partial charge in [0.1, 0.15) is 5.92 Å². The molecular formula is C18H22N4O6S. The summed E-state index contributed by atoms with van der Waals surface area (Å²) >= 11 is 1.28. The van der Waals surface area contributed by atoms with Crippen LogP contribution in [0.3, 0.4) is 0 Å². The maximum Gasteiger partial charge on any atom is 0.337 e. The molecule has 0 fully saturated rings. The number of carbonyl (C=O) groups excluding carboxylic acids is 1. The number of nitro benzene ring substituents is 1. The fraction of sp³-hybridized carbons (Fsp3) is 0.389. The van der Waals surface area contributed by atoms with E-state index in [4.69, 9.17) is 10.5 Å². The molecule has 156 valence electrons. The smallest absolute Gasteiger partial charge is 0.337 e. The van der Waals surface area contributed by atoms with Crippen molar-refractivity contribution >= 4 is 23.4 Å². The van der Waals surface area contributed by atoms with Crippen LogP contribution in [0.5, 0.6) is 0 Å². The van der Waals surface area contributed by atoms with Crippen LogP contribution in [0.4, 0.5) is 5.69 Å². The van der Waals surface area contributed by atoms with Gasteiger partial charge in [0.2, 0.25) is 0 Å². The van der Waals surface area contributed by atoms with E-state index in [9.17, 15) is 25.0 Å². The average Bonchev–Trinajstić information content (AvgIpc) is 2.68. The summed E-state index contributed by atoms with van der Waals surface area (Å²) in [5, 5.41) is 23.6.